The second-order valence-electron chi connectivity index (χ2n) is 5.90. The molecule has 4 aromatic rings. The standard InChI is InChI=1S/C16H10.C6H5.Sb/c1-2-6-13(7-3-1)16-11-10-14-8-4-5-9-15(14)12-16;1-2-4-6-5-3-1;/h1-6,8-10,12H;1-5H;. The quantitative estimate of drug-likeness (QED) is 0.378. The Morgan fingerprint density at radius 1 is 0.478 bits per heavy atom. The fourth-order valence-corrected chi connectivity index (χ4v) is 11.1. The number of hydrogen-bond donors (Lipinski definition) is 0. The molecule has 0 N–H and O–H groups in total. The van der Waals surface area contributed by atoms with E-state index in [0.29, 0.717) is 0 Å². The SMILES string of the molecule is c1cc[c]([Sb]2[c]3ccccc3-c3cc4ccccc4c[c]32)cc1. The summed E-state index contributed by atoms with van der Waals surface area (Å²) in [4.78, 5) is 0. The van der Waals surface area contributed by atoms with E-state index in [1.54, 1.807) is 10.5 Å². The molecule has 0 radical (unpaired) electrons. The van der Waals surface area contributed by atoms with Crippen molar-refractivity contribution in [1.82, 2.24) is 0 Å². The Labute approximate surface area is 143 Å². The number of hydrogen-bond acceptors (Lipinski definition) is 0. The number of fused-ring (bicyclic) bond motifs is 4. The van der Waals surface area contributed by atoms with Gasteiger partial charge in [0.2, 0.25) is 0 Å². The number of benzene rings is 4. The first-order valence-corrected chi connectivity index (χ1v) is 11.7. The van der Waals surface area contributed by atoms with Gasteiger partial charge in [0.05, 0.1) is 0 Å². The Morgan fingerprint density at radius 3 is 1.96 bits per heavy atom. The van der Waals surface area contributed by atoms with E-state index >= 15 is 0 Å². The van der Waals surface area contributed by atoms with Crippen LogP contribution < -0.4 is 10.5 Å². The van der Waals surface area contributed by atoms with E-state index in [4.69, 9.17) is 0 Å². The third kappa shape index (κ3) is 2.06. The van der Waals surface area contributed by atoms with Crippen molar-refractivity contribution in [2.75, 3.05) is 0 Å². The maximum atomic E-state index is 2.46. The van der Waals surface area contributed by atoms with Gasteiger partial charge in [-0.25, -0.2) is 0 Å². The normalized spacial score (nSPS) is 13.0. The van der Waals surface area contributed by atoms with Gasteiger partial charge < -0.3 is 0 Å². The Kier molecular flexibility index (Phi) is 3.06. The van der Waals surface area contributed by atoms with Crippen LogP contribution in [0.4, 0.5) is 0 Å². The van der Waals surface area contributed by atoms with Crippen LogP contribution >= 0.6 is 0 Å². The van der Waals surface area contributed by atoms with E-state index < -0.39 is 20.2 Å². The molecule has 0 nitrogen and oxygen atoms in total. The van der Waals surface area contributed by atoms with E-state index in [2.05, 4.69) is 91.0 Å². The molecule has 108 valence electrons. The van der Waals surface area contributed by atoms with Gasteiger partial charge in [-0.1, -0.05) is 0 Å². The minimum atomic E-state index is -1.88. The molecule has 0 bridgehead atoms. The minimum absolute atomic E-state index is 1.34. The van der Waals surface area contributed by atoms with Crippen LogP contribution in [0.3, 0.4) is 0 Å². The van der Waals surface area contributed by atoms with Crippen molar-refractivity contribution < 1.29 is 0 Å². The molecule has 1 heteroatoms. The number of rotatable bonds is 1. The molecule has 1 aliphatic heterocycles. The van der Waals surface area contributed by atoms with Gasteiger partial charge in [-0.2, -0.15) is 0 Å². The molecule has 0 atom stereocenters. The summed E-state index contributed by atoms with van der Waals surface area (Å²) in [6, 6.07) is 33.7. The predicted molar refractivity (Wildman–Crippen MR) is 100 cm³/mol. The molecule has 23 heavy (non-hydrogen) atoms. The summed E-state index contributed by atoms with van der Waals surface area (Å²) in [5, 5.41) is 2.71. The van der Waals surface area contributed by atoms with Crippen molar-refractivity contribution in [3.63, 3.8) is 0 Å². The van der Waals surface area contributed by atoms with Crippen molar-refractivity contribution >= 4 is 41.5 Å². The van der Waals surface area contributed by atoms with E-state index in [1.165, 1.54) is 21.9 Å². The van der Waals surface area contributed by atoms with E-state index in [-0.39, 0.29) is 0 Å². The van der Waals surface area contributed by atoms with E-state index in [9.17, 15) is 0 Å². The van der Waals surface area contributed by atoms with Crippen LogP contribution in [0.2, 0.25) is 0 Å². The zero-order valence-electron chi connectivity index (χ0n) is 12.6. The Hall–Kier alpha value is -2.04. The second-order valence-corrected chi connectivity index (χ2v) is 12.0. The molecule has 1 heterocycles. The molecule has 5 rings (SSSR count). The van der Waals surface area contributed by atoms with Crippen LogP contribution in [-0.4, -0.2) is 20.2 Å². The van der Waals surface area contributed by atoms with Gasteiger partial charge in [0.15, 0.2) is 0 Å². The fraction of sp³-hybridized carbons (Fsp3) is 0. The maximum absolute atomic E-state index is 2.46. The molecule has 4 aromatic carbocycles. The van der Waals surface area contributed by atoms with Crippen molar-refractivity contribution in [3.8, 4) is 11.1 Å². The third-order valence-corrected chi connectivity index (χ3v) is 11.8. The van der Waals surface area contributed by atoms with Crippen molar-refractivity contribution in [3.05, 3.63) is 91.0 Å². The third-order valence-electron chi connectivity index (χ3n) is 4.55. The molecular formula is C22H15Sb. The van der Waals surface area contributed by atoms with Crippen molar-refractivity contribution in [2.24, 2.45) is 0 Å². The zero-order chi connectivity index (χ0) is 15.2. The molecule has 0 fully saturated rings. The predicted octanol–water partition coefficient (Wildman–Crippen LogP) is 3.34. The summed E-state index contributed by atoms with van der Waals surface area (Å²) in [5.41, 5.74) is 2.92. The Morgan fingerprint density at radius 2 is 1.13 bits per heavy atom. The summed E-state index contributed by atoms with van der Waals surface area (Å²) >= 11 is -1.88. The van der Waals surface area contributed by atoms with Crippen LogP contribution in [-0.2, 0) is 0 Å². The van der Waals surface area contributed by atoms with Crippen LogP contribution in [0.5, 0.6) is 0 Å². The van der Waals surface area contributed by atoms with Crippen LogP contribution in [0.1, 0.15) is 0 Å². The summed E-state index contributed by atoms with van der Waals surface area (Å²) in [7, 11) is 0. The van der Waals surface area contributed by atoms with Gasteiger partial charge in [-0.05, 0) is 0 Å². The zero-order valence-corrected chi connectivity index (χ0v) is 15.2. The molecule has 0 aliphatic carbocycles. The van der Waals surface area contributed by atoms with Crippen molar-refractivity contribution in [2.45, 2.75) is 0 Å². The Balaban J connectivity index is 1.86. The van der Waals surface area contributed by atoms with E-state index in [0.717, 1.165) is 0 Å². The van der Waals surface area contributed by atoms with Gasteiger partial charge >= 0.3 is 144 Å². The molecule has 0 saturated heterocycles. The molecular weight excluding hydrogens is 386 g/mol. The first kappa shape index (κ1) is 13.4. The molecule has 0 aromatic heterocycles. The van der Waals surface area contributed by atoms with Gasteiger partial charge in [0.25, 0.3) is 0 Å². The summed E-state index contributed by atoms with van der Waals surface area (Å²) in [6.07, 6.45) is 0. The first-order valence-electron chi connectivity index (χ1n) is 7.89. The average molecular weight is 401 g/mol. The molecule has 0 saturated carbocycles. The molecule has 0 amide bonds. The van der Waals surface area contributed by atoms with E-state index in [1.807, 2.05) is 0 Å². The van der Waals surface area contributed by atoms with Gasteiger partial charge in [-0.3, -0.25) is 0 Å². The summed E-state index contributed by atoms with van der Waals surface area (Å²) in [5.74, 6) is 0. The molecule has 0 spiro atoms. The monoisotopic (exact) mass is 400 g/mol. The molecule has 0 unspecified atom stereocenters. The van der Waals surface area contributed by atoms with Crippen LogP contribution in [0, 0.1) is 0 Å². The average Bonchev–Trinajstić information content (AvgIpc) is 2.94. The fourth-order valence-electron chi connectivity index (χ4n) is 3.51. The Bertz CT molecular complexity index is 1020. The van der Waals surface area contributed by atoms with Gasteiger partial charge in [0.1, 0.15) is 0 Å². The summed E-state index contributed by atoms with van der Waals surface area (Å²) < 4.78 is 4.77. The summed E-state index contributed by atoms with van der Waals surface area (Å²) in [6.45, 7) is 0. The van der Waals surface area contributed by atoms with Gasteiger partial charge in [-0.15, -0.1) is 0 Å². The van der Waals surface area contributed by atoms with Crippen molar-refractivity contribution in [1.29, 1.82) is 0 Å². The second kappa shape index (κ2) is 5.25. The topological polar surface area (TPSA) is 0 Å². The van der Waals surface area contributed by atoms with Gasteiger partial charge in [0, 0.05) is 0 Å². The molecule has 1 aliphatic rings. The first-order chi connectivity index (χ1) is 11.4. The van der Waals surface area contributed by atoms with Crippen LogP contribution in [0.25, 0.3) is 21.9 Å². The van der Waals surface area contributed by atoms with Crippen LogP contribution in [0.15, 0.2) is 91.0 Å².